The lowest BCUT2D eigenvalue weighted by molar-refractivity contribution is -0.403. The number of aliphatic imine (C=N–C) groups is 1. The van der Waals surface area contributed by atoms with Gasteiger partial charge in [-0.25, -0.2) is 0 Å². The summed E-state index contributed by atoms with van der Waals surface area (Å²) in [4.78, 5) is 17.7. The molecule has 0 radical (unpaired) electrons. The van der Waals surface area contributed by atoms with Crippen molar-refractivity contribution in [2.24, 2.45) is 39.8 Å². The number of aliphatic carboxylic acids is 1. The second kappa shape index (κ2) is 13.7. The van der Waals surface area contributed by atoms with Gasteiger partial charge in [-0.3, -0.25) is 9.79 Å². The average molecular weight is 741 g/mol. The SMILES string of the molecule is C=C1CCCC2=NC[C@H](C)[C@@H](C)C[C@@]23CCC([C@@H](N)C(=O)O)=C[C@@H]3[C@@H]2O[C@]3(C[C@H]4CCC[C@@]5(CC[C@@]6(O[C@@H](CC[C@@]6(C)O)C1)O5)O4)C[C@@H](C)[C@@H](O)[C@H]2O3. The van der Waals surface area contributed by atoms with Crippen LogP contribution in [0.5, 0.6) is 0 Å². The first kappa shape index (κ1) is 38.2. The van der Waals surface area contributed by atoms with E-state index < -0.39 is 58.7 Å². The van der Waals surface area contributed by atoms with Crippen molar-refractivity contribution in [2.75, 3.05) is 6.54 Å². The number of carbonyl (C=O) groups is 1. The molecule has 0 aromatic rings. The first-order chi connectivity index (χ1) is 25.1. The summed E-state index contributed by atoms with van der Waals surface area (Å²) in [6.45, 7) is 13.8. The smallest absolute Gasteiger partial charge is 0.324 e. The minimum atomic E-state index is -1.15. The molecule has 7 bridgehead atoms. The second-order valence-electron chi connectivity index (χ2n) is 18.9. The quantitative estimate of drug-likeness (QED) is 0.249. The lowest BCUT2D eigenvalue weighted by Crippen LogP contribution is -2.60. The number of hydrogen-bond acceptors (Lipinski definition) is 10. The first-order valence-corrected chi connectivity index (χ1v) is 20.8. The maximum absolute atomic E-state index is 12.3. The van der Waals surface area contributed by atoms with Crippen LogP contribution in [-0.2, 0) is 28.5 Å². The number of nitrogens with two attached hydrogens (primary N) is 1. The largest absolute Gasteiger partial charge is 0.480 e. The van der Waals surface area contributed by atoms with E-state index in [2.05, 4.69) is 33.4 Å². The van der Waals surface area contributed by atoms with Crippen LogP contribution in [0.2, 0.25) is 0 Å². The van der Waals surface area contributed by atoms with Crippen molar-refractivity contribution in [3.63, 3.8) is 0 Å². The van der Waals surface area contributed by atoms with Gasteiger partial charge in [-0.15, -0.1) is 0 Å². The maximum atomic E-state index is 12.3. The molecule has 6 fully saturated rings. The van der Waals surface area contributed by atoms with E-state index >= 15 is 0 Å². The van der Waals surface area contributed by atoms with Gasteiger partial charge in [-0.1, -0.05) is 39.0 Å². The molecule has 0 saturated carbocycles. The highest BCUT2D eigenvalue weighted by Crippen LogP contribution is 2.59. The minimum Gasteiger partial charge on any atom is -0.480 e. The molecule has 0 unspecified atom stereocenters. The van der Waals surface area contributed by atoms with Crippen LogP contribution in [0, 0.1) is 29.1 Å². The number of nitrogens with zero attached hydrogens (tertiary/aromatic N) is 1. The molecule has 15 atom stereocenters. The van der Waals surface area contributed by atoms with Crippen molar-refractivity contribution in [1.29, 1.82) is 0 Å². The van der Waals surface area contributed by atoms with Crippen LogP contribution < -0.4 is 5.73 Å². The normalized spacial score (nSPS) is 50.9. The summed E-state index contributed by atoms with van der Waals surface area (Å²) in [6.07, 6.45) is 11.2. The van der Waals surface area contributed by atoms with Gasteiger partial charge < -0.3 is 44.7 Å². The Morgan fingerprint density at radius 3 is 2.47 bits per heavy atom. The Balaban J connectivity index is 1.21. The lowest BCUT2D eigenvalue weighted by atomic mass is 9.57. The fourth-order valence-corrected chi connectivity index (χ4v) is 11.8. The molecule has 53 heavy (non-hydrogen) atoms. The molecular formula is C42H64N2O9. The van der Waals surface area contributed by atoms with Gasteiger partial charge in [0.25, 0.3) is 0 Å². The lowest BCUT2D eigenvalue weighted by Gasteiger charge is -2.50. The van der Waals surface area contributed by atoms with E-state index in [4.69, 9.17) is 34.4 Å². The Labute approximate surface area is 315 Å². The van der Waals surface area contributed by atoms with Crippen LogP contribution >= 0.6 is 0 Å². The summed E-state index contributed by atoms with van der Waals surface area (Å²) in [5.41, 5.74) is 7.79. The Hall–Kier alpha value is -1.70. The summed E-state index contributed by atoms with van der Waals surface area (Å²) < 4.78 is 34.9. The molecule has 6 saturated heterocycles. The molecule has 7 heterocycles. The van der Waals surface area contributed by atoms with E-state index in [1.165, 1.54) is 0 Å². The van der Waals surface area contributed by atoms with Crippen molar-refractivity contribution in [2.45, 2.75) is 190 Å². The van der Waals surface area contributed by atoms with Gasteiger partial charge in [0, 0.05) is 55.7 Å². The van der Waals surface area contributed by atoms with Gasteiger partial charge in [-0.2, -0.15) is 0 Å². The molecule has 7 aliphatic heterocycles. The van der Waals surface area contributed by atoms with Crippen molar-refractivity contribution >= 4 is 11.7 Å². The number of carboxylic acids is 1. The molecule has 11 nitrogen and oxygen atoms in total. The molecule has 4 spiro atoms. The molecule has 8 aliphatic rings. The van der Waals surface area contributed by atoms with Crippen LogP contribution in [0.25, 0.3) is 0 Å². The third-order valence-corrected chi connectivity index (χ3v) is 15.1. The number of carboxylic acid groups (broad SMARTS) is 1. The standard InChI is InChI=1S/C42H64N2O9/c1-24-8-6-10-32-39(20-25(2)27(4)23-44-32)15-11-28(33(43)37(46)47)19-31(39)35-36-34(45)26(3)21-41(51-35,52-36)22-30-9-7-13-40(49-30)16-17-42(53-40)38(5,48)14-12-29(18-24)50-42/h19,25-27,29-31,33-36,45,48H,1,6-18,20-23,43H2,2-5H3,(H,46,47)/t25-,26+,27-,29-,30+,31+,33+,34+,35-,36+,38+,39+,40+,41+,42+/m0/s1. The fourth-order valence-electron chi connectivity index (χ4n) is 11.8. The van der Waals surface area contributed by atoms with Gasteiger partial charge in [-0.05, 0) is 101 Å². The van der Waals surface area contributed by atoms with Crippen LogP contribution in [-0.4, -0.2) is 93.1 Å². The third kappa shape index (κ3) is 6.60. The van der Waals surface area contributed by atoms with E-state index in [0.717, 1.165) is 75.6 Å². The highest BCUT2D eigenvalue weighted by molar-refractivity contribution is 5.91. The topological polar surface area (TPSA) is 162 Å². The molecule has 0 aromatic carbocycles. The predicted octanol–water partition coefficient (Wildman–Crippen LogP) is 5.94. The zero-order valence-corrected chi connectivity index (χ0v) is 32.4. The molecule has 5 N–H and O–H groups in total. The Morgan fingerprint density at radius 2 is 1.68 bits per heavy atom. The number of rotatable bonds is 2. The molecular weight excluding hydrogens is 676 g/mol. The molecule has 11 heteroatoms. The maximum Gasteiger partial charge on any atom is 0.324 e. The highest BCUT2D eigenvalue weighted by atomic mass is 16.8. The number of aliphatic hydroxyl groups is 2. The second-order valence-corrected chi connectivity index (χ2v) is 18.9. The van der Waals surface area contributed by atoms with Gasteiger partial charge >= 0.3 is 5.97 Å². The number of aliphatic hydroxyl groups excluding tert-OH is 1. The molecule has 0 aromatic heterocycles. The van der Waals surface area contributed by atoms with Crippen molar-refractivity contribution in [1.82, 2.24) is 0 Å². The number of ether oxygens (including phenoxy) is 5. The minimum absolute atomic E-state index is 0.0840. The Kier molecular flexibility index (Phi) is 9.91. The van der Waals surface area contributed by atoms with Gasteiger partial charge in [0.2, 0.25) is 5.79 Å². The summed E-state index contributed by atoms with van der Waals surface area (Å²) in [6, 6.07) is -1.11. The average Bonchev–Trinajstić information content (AvgIpc) is 3.58. The van der Waals surface area contributed by atoms with Crippen molar-refractivity contribution < 1.29 is 43.8 Å². The van der Waals surface area contributed by atoms with E-state index in [9.17, 15) is 20.1 Å². The number of hydrogen-bond donors (Lipinski definition) is 4. The van der Waals surface area contributed by atoms with Gasteiger partial charge in [0.05, 0.1) is 24.4 Å². The summed E-state index contributed by atoms with van der Waals surface area (Å²) in [7, 11) is 0. The monoisotopic (exact) mass is 740 g/mol. The van der Waals surface area contributed by atoms with Crippen molar-refractivity contribution in [3.05, 3.63) is 23.8 Å². The summed E-state index contributed by atoms with van der Waals surface area (Å²) in [5, 5.41) is 33.7. The third-order valence-electron chi connectivity index (χ3n) is 15.1. The summed E-state index contributed by atoms with van der Waals surface area (Å²) in [5.74, 6) is -3.67. The van der Waals surface area contributed by atoms with Crippen LogP contribution in [0.3, 0.4) is 0 Å². The molecule has 296 valence electrons. The highest BCUT2D eigenvalue weighted by Gasteiger charge is 2.66. The fraction of sp³-hybridized carbons (Fsp3) is 0.857. The molecule has 0 amide bonds. The van der Waals surface area contributed by atoms with Crippen LogP contribution in [0.1, 0.15) is 130 Å². The molecule has 1 aliphatic carbocycles. The van der Waals surface area contributed by atoms with Crippen LogP contribution in [0.15, 0.2) is 28.8 Å². The van der Waals surface area contributed by atoms with Gasteiger partial charge in [0.1, 0.15) is 17.7 Å². The summed E-state index contributed by atoms with van der Waals surface area (Å²) >= 11 is 0. The molecule has 8 rings (SSSR count). The van der Waals surface area contributed by atoms with E-state index in [1.807, 2.05) is 6.92 Å². The Morgan fingerprint density at radius 1 is 0.887 bits per heavy atom. The van der Waals surface area contributed by atoms with Crippen molar-refractivity contribution in [3.8, 4) is 0 Å². The predicted molar refractivity (Wildman–Crippen MR) is 198 cm³/mol. The van der Waals surface area contributed by atoms with Gasteiger partial charge in [0.15, 0.2) is 11.6 Å². The first-order valence-electron chi connectivity index (χ1n) is 20.8. The number of fused-ring (bicyclic) bond motifs is 6. The van der Waals surface area contributed by atoms with E-state index in [-0.39, 0.29) is 24.0 Å². The van der Waals surface area contributed by atoms with E-state index in [0.29, 0.717) is 62.4 Å². The van der Waals surface area contributed by atoms with Crippen LogP contribution in [0.4, 0.5) is 0 Å². The zero-order chi connectivity index (χ0) is 37.6. The van der Waals surface area contributed by atoms with E-state index in [1.54, 1.807) is 0 Å². The Bertz CT molecular complexity index is 1510. The zero-order valence-electron chi connectivity index (χ0n) is 32.4.